The molecule has 0 aliphatic rings. The van der Waals surface area contributed by atoms with Gasteiger partial charge in [0.05, 0.1) is 0 Å². The number of halogens is 1. The van der Waals surface area contributed by atoms with Gasteiger partial charge >= 0.3 is 0 Å². The number of fused-ring (bicyclic) bond motifs is 1. The Bertz CT molecular complexity index is 384. The Kier molecular flexibility index (Phi) is 1.76. The van der Waals surface area contributed by atoms with Gasteiger partial charge in [0.2, 0.25) is 16.0 Å². The molecule has 1 aromatic heterocycles. The first-order valence-electron chi connectivity index (χ1n) is 3.34. The average molecular weight is 182 g/mol. The van der Waals surface area contributed by atoms with E-state index in [-0.39, 0.29) is 0 Å². The molecule has 2 heteroatoms. The lowest BCUT2D eigenvalue weighted by Crippen LogP contribution is -1.65. The average Bonchev–Trinajstić information content (AvgIpc) is 2.04. The van der Waals surface area contributed by atoms with Crippen LogP contribution in [0.25, 0.3) is 10.1 Å². The van der Waals surface area contributed by atoms with Gasteiger partial charge in [-0.25, -0.2) is 0 Å². The second-order valence-corrected chi connectivity index (χ2v) is 3.99. The largest absolute Gasteiger partial charge is 0.298 e. The van der Waals surface area contributed by atoms with E-state index in [1.165, 1.54) is 10.1 Å². The van der Waals surface area contributed by atoms with Gasteiger partial charge in [0, 0.05) is 17.5 Å². The number of hydrogen-bond donors (Lipinski definition) is 0. The second-order valence-electron chi connectivity index (χ2n) is 2.28. The van der Waals surface area contributed by atoms with Crippen molar-refractivity contribution in [2.45, 2.75) is 0 Å². The van der Waals surface area contributed by atoms with E-state index in [1.807, 2.05) is 24.3 Å². The summed E-state index contributed by atoms with van der Waals surface area (Å²) in [6.45, 7) is 0. The van der Waals surface area contributed by atoms with E-state index in [9.17, 15) is 0 Å². The molecule has 0 aliphatic heterocycles. The summed E-state index contributed by atoms with van der Waals surface area (Å²) in [4.78, 5) is 0. The fraction of sp³-hybridized carbons (Fsp3) is 0. The Morgan fingerprint density at radius 3 is 2.73 bits per heavy atom. The number of benzene rings is 1. The summed E-state index contributed by atoms with van der Waals surface area (Å²) in [7, 11) is 0. The predicted octanol–water partition coefficient (Wildman–Crippen LogP) is 3.84. The molecule has 2 aromatic rings. The summed E-state index contributed by atoms with van der Waals surface area (Å²) in [5, 5.41) is 1.25. The molecule has 0 aliphatic carbocycles. The lowest BCUT2D eigenvalue weighted by atomic mass is 10.2. The molecule has 0 unspecified atom stereocenters. The monoisotopic (exact) mass is 181 g/mol. The minimum atomic E-state index is 0.837. The van der Waals surface area contributed by atoms with Crippen molar-refractivity contribution in [2.75, 3.05) is 0 Å². The highest BCUT2D eigenvalue weighted by Gasteiger charge is 2.05. The Morgan fingerprint density at radius 2 is 1.82 bits per heavy atom. The zero-order valence-electron chi connectivity index (χ0n) is 5.75. The van der Waals surface area contributed by atoms with Crippen LogP contribution in [0.1, 0.15) is 0 Å². The van der Waals surface area contributed by atoms with Crippen LogP contribution in [0, 0.1) is 0 Å². The summed E-state index contributed by atoms with van der Waals surface area (Å²) < 4.78 is 2.07. The standard InChI is InChI=1S/C9H6ClS/c10-9-6-5-7-3-1-2-4-8(7)11-9/h1-6H/q+1. The normalized spacial score (nSPS) is 10.3. The minimum absolute atomic E-state index is 0.837. The third-order valence-corrected chi connectivity index (χ3v) is 2.80. The molecule has 0 saturated heterocycles. The summed E-state index contributed by atoms with van der Waals surface area (Å²) in [6, 6.07) is 12.2. The maximum atomic E-state index is 5.84. The van der Waals surface area contributed by atoms with Gasteiger partial charge in [-0.15, -0.1) is 0 Å². The van der Waals surface area contributed by atoms with Gasteiger partial charge in [-0.05, 0) is 23.7 Å². The van der Waals surface area contributed by atoms with Crippen molar-refractivity contribution < 1.29 is 0 Å². The first-order chi connectivity index (χ1) is 5.36. The van der Waals surface area contributed by atoms with Crippen LogP contribution in [-0.2, 0) is 0 Å². The van der Waals surface area contributed by atoms with Crippen LogP contribution in [0.3, 0.4) is 0 Å². The van der Waals surface area contributed by atoms with Crippen molar-refractivity contribution >= 4 is 33.0 Å². The van der Waals surface area contributed by atoms with Crippen LogP contribution in [0.4, 0.5) is 0 Å². The van der Waals surface area contributed by atoms with Crippen LogP contribution in [-0.4, -0.2) is 0 Å². The molecule has 11 heavy (non-hydrogen) atoms. The van der Waals surface area contributed by atoms with E-state index in [0.717, 1.165) is 4.34 Å². The van der Waals surface area contributed by atoms with E-state index in [4.69, 9.17) is 11.6 Å². The van der Waals surface area contributed by atoms with Gasteiger partial charge in [-0.3, -0.25) is 0 Å². The van der Waals surface area contributed by atoms with Gasteiger partial charge in [-0.2, -0.15) is 0 Å². The van der Waals surface area contributed by atoms with Gasteiger partial charge < -0.3 is 0 Å². The third-order valence-electron chi connectivity index (χ3n) is 1.52. The maximum Gasteiger partial charge on any atom is 0.298 e. The highest BCUT2D eigenvalue weighted by Crippen LogP contribution is 2.24. The zero-order chi connectivity index (χ0) is 7.68. The molecule has 0 N–H and O–H groups in total. The predicted molar refractivity (Wildman–Crippen MR) is 51.2 cm³/mol. The molecule has 0 bridgehead atoms. The van der Waals surface area contributed by atoms with Crippen LogP contribution >= 0.6 is 22.9 Å². The summed E-state index contributed by atoms with van der Waals surface area (Å²) >= 11 is 7.44. The molecule has 54 valence electrons. The maximum absolute atomic E-state index is 5.84. The Balaban J connectivity index is 2.83. The summed E-state index contributed by atoms with van der Waals surface area (Å²) in [6.07, 6.45) is 0. The SMILES string of the molecule is Clc1ccc2ccccc2[s+]1. The van der Waals surface area contributed by atoms with Crippen molar-refractivity contribution in [2.24, 2.45) is 0 Å². The quantitative estimate of drug-likeness (QED) is 0.542. The molecule has 0 saturated carbocycles. The lowest BCUT2D eigenvalue weighted by molar-refractivity contribution is 1.83. The highest BCUT2D eigenvalue weighted by molar-refractivity contribution is 7.21. The van der Waals surface area contributed by atoms with E-state index < -0.39 is 0 Å². The number of hydrogen-bond acceptors (Lipinski definition) is 0. The highest BCUT2D eigenvalue weighted by atomic mass is 35.5. The molecule has 1 aromatic carbocycles. The van der Waals surface area contributed by atoms with Crippen molar-refractivity contribution in [1.82, 2.24) is 0 Å². The smallest absolute Gasteiger partial charge is 0.0613 e. The van der Waals surface area contributed by atoms with Gasteiger partial charge in [0.1, 0.15) is 0 Å². The summed E-state index contributed by atoms with van der Waals surface area (Å²) in [5.41, 5.74) is 0. The Hall–Kier alpha value is -0.660. The van der Waals surface area contributed by atoms with E-state index in [1.54, 1.807) is 11.3 Å². The van der Waals surface area contributed by atoms with Crippen molar-refractivity contribution in [3.8, 4) is 0 Å². The Morgan fingerprint density at radius 1 is 1.00 bits per heavy atom. The molecule has 0 atom stereocenters. The van der Waals surface area contributed by atoms with E-state index >= 15 is 0 Å². The van der Waals surface area contributed by atoms with Crippen molar-refractivity contribution in [1.29, 1.82) is 0 Å². The molecular weight excluding hydrogens is 176 g/mol. The lowest BCUT2D eigenvalue weighted by Gasteiger charge is -1.84. The van der Waals surface area contributed by atoms with Gasteiger partial charge in [-0.1, -0.05) is 12.1 Å². The van der Waals surface area contributed by atoms with Crippen molar-refractivity contribution in [3.05, 3.63) is 40.7 Å². The van der Waals surface area contributed by atoms with E-state index in [2.05, 4.69) is 12.1 Å². The third kappa shape index (κ3) is 1.35. The first kappa shape index (κ1) is 7.01. The van der Waals surface area contributed by atoms with Gasteiger partial charge in [0.15, 0.2) is 0 Å². The zero-order valence-corrected chi connectivity index (χ0v) is 7.32. The van der Waals surface area contributed by atoms with Crippen LogP contribution in [0.2, 0.25) is 4.34 Å². The number of rotatable bonds is 0. The molecular formula is C9H6ClS+. The van der Waals surface area contributed by atoms with Crippen LogP contribution in [0.15, 0.2) is 36.4 Å². The van der Waals surface area contributed by atoms with Gasteiger partial charge in [0.25, 0.3) is 4.34 Å². The molecule has 1 heterocycles. The molecule has 2 rings (SSSR count). The molecule has 0 nitrogen and oxygen atoms in total. The van der Waals surface area contributed by atoms with E-state index in [0.29, 0.717) is 0 Å². The second kappa shape index (κ2) is 2.76. The summed E-state index contributed by atoms with van der Waals surface area (Å²) in [5.74, 6) is 0. The molecule has 0 amide bonds. The van der Waals surface area contributed by atoms with Crippen molar-refractivity contribution in [3.63, 3.8) is 0 Å². The van der Waals surface area contributed by atoms with Crippen LogP contribution < -0.4 is 0 Å². The fourth-order valence-corrected chi connectivity index (χ4v) is 2.06. The topological polar surface area (TPSA) is 0 Å². The minimum Gasteiger partial charge on any atom is -0.0613 e. The Labute approximate surface area is 74.1 Å². The molecule has 0 spiro atoms. The molecule has 0 radical (unpaired) electrons. The first-order valence-corrected chi connectivity index (χ1v) is 4.53. The fourth-order valence-electron chi connectivity index (χ4n) is 1.01. The van der Waals surface area contributed by atoms with Crippen LogP contribution in [0.5, 0.6) is 0 Å². The molecule has 0 fully saturated rings.